The first-order chi connectivity index (χ1) is 8.56. The van der Waals surface area contributed by atoms with Crippen molar-refractivity contribution in [2.75, 3.05) is 6.54 Å². The summed E-state index contributed by atoms with van der Waals surface area (Å²) in [5.74, 6) is 0.202. The number of aromatic nitrogens is 1. The molecule has 2 rings (SSSR count). The lowest BCUT2D eigenvalue weighted by Crippen LogP contribution is -2.37. The van der Waals surface area contributed by atoms with Crippen LogP contribution in [0.4, 0.5) is 0 Å². The zero-order valence-electron chi connectivity index (χ0n) is 11.2. The van der Waals surface area contributed by atoms with E-state index in [-0.39, 0.29) is 12.4 Å². The third-order valence-corrected chi connectivity index (χ3v) is 4.01. The summed E-state index contributed by atoms with van der Waals surface area (Å²) in [6, 6.07) is 0. The largest absolute Gasteiger partial charge is 0.506 e. The van der Waals surface area contributed by atoms with Crippen molar-refractivity contribution in [3.05, 3.63) is 23.0 Å². The number of aryl methyl sites for hydroxylation is 1. The Hall–Kier alpha value is -1.13. The van der Waals surface area contributed by atoms with Crippen LogP contribution >= 0.6 is 0 Å². The molecule has 3 N–H and O–H groups in total. The molecular formula is C14H22N2O2. The summed E-state index contributed by atoms with van der Waals surface area (Å²) >= 11 is 0. The Morgan fingerprint density at radius 3 is 2.72 bits per heavy atom. The molecule has 0 aromatic carbocycles. The highest BCUT2D eigenvalue weighted by Gasteiger charge is 2.31. The summed E-state index contributed by atoms with van der Waals surface area (Å²) in [4.78, 5) is 4.06. The highest BCUT2D eigenvalue weighted by atomic mass is 16.3. The van der Waals surface area contributed by atoms with Crippen molar-refractivity contribution < 1.29 is 10.2 Å². The standard InChI is InChI=1S/C14H22N2O2/c1-10-13(18)12(11(8-17)6-16-10)7-15-9-14(2)4-3-5-14/h6,15,17-18H,3-5,7-9H2,1-2H3. The van der Waals surface area contributed by atoms with Crippen molar-refractivity contribution in [1.29, 1.82) is 0 Å². The molecule has 0 saturated heterocycles. The molecule has 1 aromatic rings. The normalized spacial score (nSPS) is 17.5. The molecule has 0 radical (unpaired) electrons. The minimum absolute atomic E-state index is 0.0882. The van der Waals surface area contributed by atoms with Crippen molar-refractivity contribution >= 4 is 0 Å². The molecule has 18 heavy (non-hydrogen) atoms. The molecule has 0 unspecified atom stereocenters. The highest BCUT2D eigenvalue weighted by molar-refractivity contribution is 5.40. The molecule has 100 valence electrons. The lowest BCUT2D eigenvalue weighted by atomic mass is 9.70. The molecule has 0 bridgehead atoms. The number of hydrogen-bond donors (Lipinski definition) is 3. The van der Waals surface area contributed by atoms with Crippen LogP contribution in [0.5, 0.6) is 5.75 Å². The molecular weight excluding hydrogens is 228 g/mol. The van der Waals surface area contributed by atoms with Gasteiger partial charge in [0.15, 0.2) is 0 Å². The number of pyridine rings is 1. The zero-order valence-corrected chi connectivity index (χ0v) is 11.2. The van der Waals surface area contributed by atoms with Gasteiger partial charge in [-0.2, -0.15) is 0 Å². The maximum Gasteiger partial charge on any atom is 0.141 e. The number of aliphatic hydroxyl groups is 1. The van der Waals surface area contributed by atoms with Gasteiger partial charge >= 0.3 is 0 Å². The van der Waals surface area contributed by atoms with E-state index in [9.17, 15) is 10.2 Å². The van der Waals surface area contributed by atoms with E-state index < -0.39 is 0 Å². The summed E-state index contributed by atoms with van der Waals surface area (Å²) in [5.41, 5.74) is 2.49. The van der Waals surface area contributed by atoms with Crippen LogP contribution in [0.25, 0.3) is 0 Å². The van der Waals surface area contributed by atoms with E-state index in [0.717, 1.165) is 12.1 Å². The number of hydrogen-bond acceptors (Lipinski definition) is 4. The molecule has 1 aliphatic rings. The highest BCUT2D eigenvalue weighted by Crippen LogP contribution is 2.39. The molecule has 0 amide bonds. The van der Waals surface area contributed by atoms with Gasteiger partial charge in [-0.05, 0) is 25.2 Å². The van der Waals surface area contributed by atoms with Crippen LogP contribution in [-0.4, -0.2) is 21.7 Å². The van der Waals surface area contributed by atoms with Crippen LogP contribution in [-0.2, 0) is 13.2 Å². The fraction of sp³-hybridized carbons (Fsp3) is 0.643. The van der Waals surface area contributed by atoms with Gasteiger partial charge in [-0.25, -0.2) is 0 Å². The number of nitrogens with one attached hydrogen (secondary N) is 1. The van der Waals surface area contributed by atoms with E-state index in [1.54, 1.807) is 13.1 Å². The van der Waals surface area contributed by atoms with E-state index in [0.29, 0.717) is 23.2 Å². The molecule has 4 nitrogen and oxygen atoms in total. The van der Waals surface area contributed by atoms with Gasteiger partial charge < -0.3 is 15.5 Å². The quantitative estimate of drug-likeness (QED) is 0.746. The lowest BCUT2D eigenvalue weighted by Gasteiger charge is -2.38. The molecule has 0 aliphatic heterocycles. The number of aromatic hydroxyl groups is 1. The third kappa shape index (κ3) is 2.65. The van der Waals surface area contributed by atoms with Crippen LogP contribution in [0.3, 0.4) is 0 Å². The smallest absolute Gasteiger partial charge is 0.141 e. The Morgan fingerprint density at radius 1 is 1.44 bits per heavy atom. The Labute approximate surface area is 108 Å². The monoisotopic (exact) mass is 250 g/mol. The van der Waals surface area contributed by atoms with Crippen LogP contribution in [0.15, 0.2) is 6.20 Å². The van der Waals surface area contributed by atoms with Crippen LogP contribution in [0, 0.1) is 12.3 Å². The molecule has 1 aliphatic carbocycles. The maximum atomic E-state index is 10.00. The topological polar surface area (TPSA) is 65.4 Å². The van der Waals surface area contributed by atoms with E-state index in [2.05, 4.69) is 17.2 Å². The average Bonchev–Trinajstić information content (AvgIpc) is 2.32. The second-order valence-electron chi connectivity index (χ2n) is 5.62. The van der Waals surface area contributed by atoms with E-state index in [1.807, 2.05) is 0 Å². The predicted molar refractivity (Wildman–Crippen MR) is 70.2 cm³/mol. The summed E-state index contributed by atoms with van der Waals surface area (Å²) in [6.45, 7) is 5.51. The second-order valence-corrected chi connectivity index (χ2v) is 5.62. The van der Waals surface area contributed by atoms with Gasteiger partial charge in [-0.15, -0.1) is 0 Å². The van der Waals surface area contributed by atoms with Gasteiger partial charge in [0, 0.05) is 30.4 Å². The van der Waals surface area contributed by atoms with E-state index in [1.165, 1.54) is 19.3 Å². The van der Waals surface area contributed by atoms with Crippen molar-refractivity contribution in [3.8, 4) is 5.75 Å². The molecule has 1 saturated carbocycles. The minimum atomic E-state index is -0.0882. The van der Waals surface area contributed by atoms with Crippen molar-refractivity contribution in [2.24, 2.45) is 5.41 Å². The lowest BCUT2D eigenvalue weighted by molar-refractivity contribution is 0.156. The van der Waals surface area contributed by atoms with Crippen molar-refractivity contribution in [1.82, 2.24) is 10.3 Å². The first-order valence-electron chi connectivity index (χ1n) is 6.54. The van der Waals surface area contributed by atoms with Gasteiger partial charge in [0.25, 0.3) is 0 Å². The third-order valence-electron chi connectivity index (χ3n) is 4.01. The first kappa shape index (κ1) is 13.3. The Bertz CT molecular complexity index is 428. The molecule has 1 aromatic heterocycles. The van der Waals surface area contributed by atoms with Gasteiger partial charge in [0.05, 0.1) is 12.3 Å². The van der Waals surface area contributed by atoms with Gasteiger partial charge in [0.1, 0.15) is 5.75 Å². The van der Waals surface area contributed by atoms with Gasteiger partial charge in [-0.3, -0.25) is 4.98 Å². The molecule has 4 heteroatoms. The SMILES string of the molecule is Cc1ncc(CO)c(CNCC2(C)CCC2)c1O. The number of nitrogens with zero attached hydrogens (tertiary/aromatic N) is 1. The van der Waals surface area contributed by atoms with E-state index in [4.69, 9.17) is 0 Å². The van der Waals surface area contributed by atoms with Crippen molar-refractivity contribution in [3.63, 3.8) is 0 Å². The predicted octanol–water partition coefficient (Wildman–Crippen LogP) is 1.87. The van der Waals surface area contributed by atoms with E-state index >= 15 is 0 Å². The van der Waals surface area contributed by atoms with Crippen LogP contribution in [0.1, 0.15) is 43.0 Å². The molecule has 0 atom stereocenters. The average molecular weight is 250 g/mol. The Balaban J connectivity index is 2.01. The molecule has 1 heterocycles. The number of aliphatic hydroxyl groups excluding tert-OH is 1. The summed E-state index contributed by atoms with van der Waals surface area (Å²) in [7, 11) is 0. The maximum absolute atomic E-state index is 10.00. The van der Waals surface area contributed by atoms with Crippen LogP contribution in [0.2, 0.25) is 0 Å². The molecule has 1 fully saturated rings. The fourth-order valence-corrected chi connectivity index (χ4v) is 2.46. The van der Waals surface area contributed by atoms with Crippen molar-refractivity contribution in [2.45, 2.75) is 46.3 Å². The minimum Gasteiger partial charge on any atom is -0.506 e. The fourth-order valence-electron chi connectivity index (χ4n) is 2.46. The second kappa shape index (κ2) is 5.24. The summed E-state index contributed by atoms with van der Waals surface area (Å²) < 4.78 is 0. The zero-order chi connectivity index (χ0) is 13.2. The summed E-state index contributed by atoms with van der Waals surface area (Å²) in [6.07, 6.45) is 5.50. The van der Waals surface area contributed by atoms with Gasteiger partial charge in [-0.1, -0.05) is 13.3 Å². The molecule has 0 spiro atoms. The Morgan fingerprint density at radius 2 is 2.17 bits per heavy atom. The van der Waals surface area contributed by atoms with Crippen LogP contribution < -0.4 is 5.32 Å². The number of rotatable bonds is 5. The first-order valence-corrected chi connectivity index (χ1v) is 6.54. The van der Waals surface area contributed by atoms with Gasteiger partial charge in [0.2, 0.25) is 0 Å². The summed E-state index contributed by atoms with van der Waals surface area (Å²) in [5, 5.41) is 22.7. The Kier molecular flexibility index (Phi) is 3.88.